The Hall–Kier alpha value is -4.53. The summed E-state index contributed by atoms with van der Waals surface area (Å²) in [5.74, 6) is 0.383. The second-order valence-electron chi connectivity index (χ2n) is 7.08. The SMILES string of the molecule is O=C(NCc1ccccn1)c1cn(-c2nc(CNc3cccnc3)c3ccccn23)cn1. The average molecular weight is 424 g/mol. The van der Waals surface area contributed by atoms with Crippen molar-refractivity contribution >= 4 is 17.1 Å². The Balaban J connectivity index is 1.37. The van der Waals surface area contributed by atoms with Crippen LogP contribution in [0.15, 0.2) is 85.8 Å². The van der Waals surface area contributed by atoms with Crippen molar-refractivity contribution in [3.05, 3.63) is 103 Å². The van der Waals surface area contributed by atoms with E-state index in [1.54, 1.807) is 35.7 Å². The molecule has 5 aromatic rings. The number of hydrogen-bond donors (Lipinski definition) is 2. The number of anilines is 1. The van der Waals surface area contributed by atoms with E-state index < -0.39 is 0 Å². The van der Waals surface area contributed by atoms with Gasteiger partial charge in [0.1, 0.15) is 12.0 Å². The van der Waals surface area contributed by atoms with Crippen LogP contribution < -0.4 is 10.6 Å². The molecule has 5 rings (SSSR count). The Morgan fingerprint density at radius 2 is 1.91 bits per heavy atom. The predicted molar refractivity (Wildman–Crippen MR) is 119 cm³/mol. The molecule has 158 valence electrons. The second kappa shape index (κ2) is 8.68. The number of amides is 1. The smallest absolute Gasteiger partial charge is 0.271 e. The van der Waals surface area contributed by atoms with Crippen molar-refractivity contribution in [2.24, 2.45) is 0 Å². The molecule has 0 saturated heterocycles. The highest BCUT2D eigenvalue weighted by atomic mass is 16.1. The van der Waals surface area contributed by atoms with Crippen molar-refractivity contribution < 1.29 is 4.79 Å². The highest BCUT2D eigenvalue weighted by Gasteiger charge is 2.15. The van der Waals surface area contributed by atoms with Gasteiger partial charge in [-0.2, -0.15) is 0 Å². The largest absolute Gasteiger partial charge is 0.378 e. The fraction of sp³-hybridized carbons (Fsp3) is 0.0870. The monoisotopic (exact) mass is 424 g/mol. The third-order valence-corrected chi connectivity index (χ3v) is 4.93. The van der Waals surface area contributed by atoms with Gasteiger partial charge in [-0.05, 0) is 36.4 Å². The summed E-state index contributed by atoms with van der Waals surface area (Å²) in [4.78, 5) is 29.9. The molecule has 9 nitrogen and oxygen atoms in total. The van der Waals surface area contributed by atoms with Crippen LogP contribution in [0.2, 0.25) is 0 Å². The molecule has 0 atom stereocenters. The maximum atomic E-state index is 12.5. The molecule has 5 heterocycles. The van der Waals surface area contributed by atoms with E-state index in [0.29, 0.717) is 24.7 Å². The van der Waals surface area contributed by atoms with Gasteiger partial charge in [0.2, 0.25) is 5.95 Å². The van der Waals surface area contributed by atoms with Crippen LogP contribution in [0.25, 0.3) is 11.5 Å². The lowest BCUT2D eigenvalue weighted by molar-refractivity contribution is 0.0946. The minimum Gasteiger partial charge on any atom is -0.378 e. The van der Waals surface area contributed by atoms with Gasteiger partial charge < -0.3 is 10.6 Å². The molecule has 0 radical (unpaired) electrons. The van der Waals surface area contributed by atoms with Crippen molar-refractivity contribution in [1.29, 1.82) is 0 Å². The maximum absolute atomic E-state index is 12.5. The minimum absolute atomic E-state index is 0.270. The number of aromatic nitrogens is 6. The Kier molecular flexibility index (Phi) is 5.27. The highest BCUT2D eigenvalue weighted by Crippen LogP contribution is 2.18. The normalized spacial score (nSPS) is 10.9. The molecule has 0 aliphatic carbocycles. The third kappa shape index (κ3) is 4.04. The molecule has 2 N–H and O–H groups in total. The molecule has 0 bridgehead atoms. The Morgan fingerprint density at radius 3 is 2.75 bits per heavy atom. The van der Waals surface area contributed by atoms with E-state index in [2.05, 4.69) is 25.6 Å². The highest BCUT2D eigenvalue weighted by molar-refractivity contribution is 5.92. The first-order valence-corrected chi connectivity index (χ1v) is 10.1. The molecular formula is C23H20N8O. The zero-order valence-electron chi connectivity index (χ0n) is 17.1. The molecule has 0 spiro atoms. The van der Waals surface area contributed by atoms with E-state index >= 15 is 0 Å². The van der Waals surface area contributed by atoms with E-state index in [4.69, 9.17) is 4.98 Å². The summed E-state index contributed by atoms with van der Waals surface area (Å²) in [5, 5.41) is 6.18. The summed E-state index contributed by atoms with van der Waals surface area (Å²) < 4.78 is 3.72. The lowest BCUT2D eigenvalue weighted by Crippen LogP contribution is -2.23. The van der Waals surface area contributed by atoms with E-state index in [9.17, 15) is 4.79 Å². The van der Waals surface area contributed by atoms with Gasteiger partial charge in [0.15, 0.2) is 0 Å². The molecular weight excluding hydrogens is 404 g/mol. The Labute approximate surface area is 183 Å². The average Bonchev–Trinajstić information content (AvgIpc) is 3.48. The van der Waals surface area contributed by atoms with Crippen molar-refractivity contribution in [2.75, 3.05) is 5.32 Å². The number of rotatable bonds is 7. The zero-order valence-corrected chi connectivity index (χ0v) is 17.1. The first kappa shape index (κ1) is 19.4. The van der Waals surface area contributed by atoms with Crippen molar-refractivity contribution in [1.82, 2.24) is 34.2 Å². The summed E-state index contributed by atoms with van der Waals surface area (Å²) >= 11 is 0. The van der Waals surface area contributed by atoms with Crippen LogP contribution in [0.3, 0.4) is 0 Å². The van der Waals surface area contributed by atoms with Crippen molar-refractivity contribution in [3.63, 3.8) is 0 Å². The lowest BCUT2D eigenvalue weighted by atomic mass is 10.3. The molecule has 32 heavy (non-hydrogen) atoms. The van der Waals surface area contributed by atoms with Gasteiger partial charge in [0.25, 0.3) is 5.91 Å². The number of imidazole rings is 2. The summed E-state index contributed by atoms with van der Waals surface area (Å²) in [7, 11) is 0. The fourth-order valence-corrected chi connectivity index (χ4v) is 3.36. The zero-order chi connectivity index (χ0) is 21.8. The fourth-order valence-electron chi connectivity index (χ4n) is 3.36. The van der Waals surface area contributed by atoms with Gasteiger partial charge >= 0.3 is 0 Å². The second-order valence-corrected chi connectivity index (χ2v) is 7.08. The third-order valence-electron chi connectivity index (χ3n) is 4.93. The summed E-state index contributed by atoms with van der Waals surface area (Å²) in [6, 6.07) is 15.3. The lowest BCUT2D eigenvalue weighted by Gasteiger charge is -2.03. The van der Waals surface area contributed by atoms with E-state index in [0.717, 1.165) is 22.6 Å². The molecule has 0 unspecified atom stereocenters. The minimum atomic E-state index is -0.270. The number of nitrogens with zero attached hydrogens (tertiary/aromatic N) is 6. The topological polar surface area (TPSA) is 102 Å². The number of carbonyl (C=O) groups excluding carboxylic acids is 1. The van der Waals surface area contributed by atoms with Crippen LogP contribution in [-0.2, 0) is 13.1 Å². The Morgan fingerprint density at radius 1 is 0.969 bits per heavy atom. The van der Waals surface area contributed by atoms with E-state index in [1.807, 2.05) is 59.1 Å². The number of hydrogen-bond acceptors (Lipinski definition) is 6. The molecule has 9 heteroatoms. The summed E-state index contributed by atoms with van der Waals surface area (Å²) in [6.45, 7) is 0.869. The van der Waals surface area contributed by atoms with Gasteiger partial charge in [0.05, 0.1) is 35.7 Å². The maximum Gasteiger partial charge on any atom is 0.271 e. The number of nitrogens with one attached hydrogen (secondary N) is 2. The van der Waals surface area contributed by atoms with Gasteiger partial charge in [-0.15, -0.1) is 0 Å². The standard InChI is InChI=1S/C23H20N8O/c32-22(27-13-18-6-1-3-10-25-18)20-15-30(16-28-20)23-29-19(21-8-2-4-11-31(21)23)14-26-17-7-5-9-24-12-17/h1-12,15-16,26H,13-14H2,(H,27,32). The van der Waals surface area contributed by atoms with Crippen LogP contribution in [0, 0.1) is 0 Å². The van der Waals surface area contributed by atoms with Gasteiger partial charge in [0, 0.05) is 31.0 Å². The molecule has 0 aromatic carbocycles. The summed E-state index contributed by atoms with van der Waals surface area (Å²) in [5.41, 5.74) is 3.85. The summed E-state index contributed by atoms with van der Waals surface area (Å²) in [6.07, 6.45) is 10.4. The molecule has 0 saturated carbocycles. The van der Waals surface area contributed by atoms with E-state index in [1.165, 1.54) is 0 Å². The Bertz CT molecular complexity index is 1340. The number of carbonyl (C=O) groups is 1. The first-order valence-electron chi connectivity index (χ1n) is 10.1. The van der Waals surface area contributed by atoms with E-state index in [-0.39, 0.29) is 5.91 Å². The predicted octanol–water partition coefficient (Wildman–Crippen LogP) is 2.85. The van der Waals surface area contributed by atoms with Gasteiger partial charge in [-0.1, -0.05) is 12.1 Å². The quantitative estimate of drug-likeness (QED) is 0.417. The molecule has 0 aliphatic rings. The molecule has 0 fully saturated rings. The van der Waals surface area contributed by atoms with Gasteiger partial charge in [-0.25, -0.2) is 9.97 Å². The van der Waals surface area contributed by atoms with Crippen LogP contribution in [0.1, 0.15) is 21.9 Å². The van der Waals surface area contributed by atoms with Crippen molar-refractivity contribution in [3.8, 4) is 5.95 Å². The van der Waals surface area contributed by atoms with Gasteiger partial charge in [-0.3, -0.25) is 23.7 Å². The van der Waals surface area contributed by atoms with Crippen LogP contribution in [-0.4, -0.2) is 34.8 Å². The molecule has 1 amide bonds. The first-order chi connectivity index (χ1) is 15.8. The van der Waals surface area contributed by atoms with Crippen LogP contribution >= 0.6 is 0 Å². The van der Waals surface area contributed by atoms with Crippen LogP contribution in [0.5, 0.6) is 0 Å². The number of fused-ring (bicyclic) bond motifs is 1. The molecule has 0 aliphatic heterocycles. The van der Waals surface area contributed by atoms with Crippen molar-refractivity contribution in [2.45, 2.75) is 13.1 Å². The molecule has 5 aromatic heterocycles. The van der Waals surface area contributed by atoms with Crippen LogP contribution in [0.4, 0.5) is 5.69 Å². The number of pyridine rings is 3.